The highest BCUT2D eigenvalue weighted by Crippen LogP contribution is 2.27. The number of methoxy groups -OCH3 is 1. The number of guanidine groups is 1. The van der Waals surface area contributed by atoms with E-state index < -0.39 is 0 Å². The van der Waals surface area contributed by atoms with E-state index in [1.807, 2.05) is 30.9 Å². The van der Waals surface area contributed by atoms with Crippen LogP contribution >= 0.6 is 24.0 Å². The normalized spacial score (nSPS) is 18.6. The van der Waals surface area contributed by atoms with Crippen molar-refractivity contribution in [2.45, 2.75) is 25.8 Å². The second kappa shape index (κ2) is 12.7. The van der Waals surface area contributed by atoms with Gasteiger partial charge in [0.15, 0.2) is 5.96 Å². The van der Waals surface area contributed by atoms with E-state index in [0.29, 0.717) is 12.0 Å². The number of carbonyl (C=O) groups is 1. The molecule has 1 aliphatic rings. The minimum Gasteiger partial charge on any atom is -0.497 e. The molecule has 2 unspecified atom stereocenters. The first-order valence-electron chi connectivity index (χ1n) is 10.8. The van der Waals surface area contributed by atoms with Gasteiger partial charge in [-0.2, -0.15) is 0 Å². The Morgan fingerprint density at radius 1 is 1.31 bits per heavy atom. The van der Waals surface area contributed by atoms with Crippen molar-refractivity contribution in [2.75, 3.05) is 47.4 Å². The Balaban J connectivity index is 0.00000363. The van der Waals surface area contributed by atoms with Gasteiger partial charge in [0, 0.05) is 46.1 Å². The minimum absolute atomic E-state index is 0. The van der Waals surface area contributed by atoms with E-state index >= 15 is 0 Å². The molecule has 2 atom stereocenters. The fourth-order valence-corrected chi connectivity index (χ4v) is 3.76. The number of rotatable bonds is 7. The molecule has 0 saturated carbocycles. The van der Waals surface area contributed by atoms with Gasteiger partial charge in [0.2, 0.25) is 5.91 Å². The fraction of sp³-hybridized carbons (Fsp3) is 0.522. The van der Waals surface area contributed by atoms with Crippen molar-refractivity contribution in [3.63, 3.8) is 0 Å². The van der Waals surface area contributed by atoms with Crippen molar-refractivity contribution < 1.29 is 9.53 Å². The highest BCUT2D eigenvalue weighted by atomic mass is 127. The number of ether oxygens (including phenoxy) is 1. The lowest BCUT2D eigenvalue weighted by molar-refractivity contribution is -0.127. The molecule has 0 radical (unpaired) electrons. The van der Waals surface area contributed by atoms with Crippen LogP contribution < -0.4 is 10.1 Å². The molecule has 8 nitrogen and oxygen atoms in total. The number of carbonyl (C=O) groups excluding carboxylic acids is 1. The standard InChI is InChI=1S/C23H34N6O2.HI/c1-18-10-13-28(16-21(18)29-14-12-24-17-29)23(26-15-22(30)27(2)3)25-11-9-19-5-7-20(31-4)8-6-19;/h5-8,12,14,17-18,21H,9-11,13,15-16H2,1-4H3,(H,25,26);1H. The molecular weight excluding hydrogens is 519 g/mol. The molecule has 2 aromatic rings. The van der Waals surface area contributed by atoms with Crippen molar-refractivity contribution in [2.24, 2.45) is 10.9 Å². The van der Waals surface area contributed by atoms with Gasteiger partial charge in [0.1, 0.15) is 12.3 Å². The van der Waals surface area contributed by atoms with Crippen LogP contribution in [0.1, 0.15) is 24.9 Å². The van der Waals surface area contributed by atoms with Crippen LogP contribution in [0.3, 0.4) is 0 Å². The van der Waals surface area contributed by atoms with Crippen LogP contribution in [0.2, 0.25) is 0 Å². The molecule has 1 fully saturated rings. The summed E-state index contributed by atoms with van der Waals surface area (Å²) in [5, 5.41) is 3.49. The van der Waals surface area contributed by atoms with Gasteiger partial charge in [-0.25, -0.2) is 9.98 Å². The minimum atomic E-state index is -0.00834. The number of likely N-dealkylation sites (tertiary alicyclic amines) is 1. The summed E-state index contributed by atoms with van der Waals surface area (Å²) < 4.78 is 7.41. The average molecular weight is 554 g/mol. The molecule has 1 N–H and O–H groups in total. The number of hydrogen-bond donors (Lipinski definition) is 1. The van der Waals surface area contributed by atoms with Crippen LogP contribution in [0.5, 0.6) is 5.75 Å². The van der Waals surface area contributed by atoms with Gasteiger partial charge in [-0.05, 0) is 36.5 Å². The van der Waals surface area contributed by atoms with Gasteiger partial charge in [0.05, 0.1) is 19.5 Å². The van der Waals surface area contributed by atoms with E-state index in [-0.39, 0.29) is 36.4 Å². The zero-order valence-electron chi connectivity index (χ0n) is 19.4. The van der Waals surface area contributed by atoms with Crippen LogP contribution in [0.4, 0.5) is 0 Å². The van der Waals surface area contributed by atoms with Gasteiger partial charge in [-0.15, -0.1) is 24.0 Å². The number of aliphatic imine (C=N–C) groups is 1. The second-order valence-corrected chi connectivity index (χ2v) is 8.24. The summed E-state index contributed by atoms with van der Waals surface area (Å²) >= 11 is 0. The quantitative estimate of drug-likeness (QED) is 0.324. The molecule has 176 valence electrons. The lowest BCUT2D eigenvalue weighted by Crippen LogP contribution is -2.49. The predicted octanol–water partition coefficient (Wildman–Crippen LogP) is 2.67. The molecule has 9 heteroatoms. The Bertz CT molecular complexity index is 854. The third kappa shape index (κ3) is 7.11. The largest absolute Gasteiger partial charge is 0.497 e. The van der Waals surface area contributed by atoms with Gasteiger partial charge in [0.25, 0.3) is 0 Å². The summed E-state index contributed by atoms with van der Waals surface area (Å²) in [4.78, 5) is 24.9. The molecule has 1 amide bonds. The van der Waals surface area contributed by atoms with Gasteiger partial charge in [-0.3, -0.25) is 4.79 Å². The van der Waals surface area contributed by atoms with E-state index in [2.05, 4.69) is 43.8 Å². The first-order chi connectivity index (χ1) is 15.0. The molecule has 0 aliphatic carbocycles. The number of nitrogens with one attached hydrogen (secondary N) is 1. The van der Waals surface area contributed by atoms with Crippen molar-refractivity contribution in [1.82, 2.24) is 24.7 Å². The molecule has 3 rings (SSSR count). The van der Waals surface area contributed by atoms with Crippen molar-refractivity contribution in [3.8, 4) is 5.75 Å². The zero-order chi connectivity index (χ0) is 22.2. The molecule has 2 heterocycles. The maximum atomic E-state index is 12.1. The van der Waals surface area contributed by atoms with Crippen LogP contribution in [0, 0.1) is 5.92 Å². The third-order valence-corrected chi connectivity index (χ3v) is 5.84. The number of amides is 1. The molecule has 32 heavy (non-hydrogen) atoms. The number of halogens is 1. The van der Waals surface area contributed by atoms with Crippen molar-refractivity contribution in [1.29, 1.82) is 0 Å². The van der Waals surface area contributed by atoms with E-state index in [4.69, 9.17) is 4.74 Å². The summed E-state index contributed by atoms with van der Waals surface area (Å²) in [6, 6.07) is 8.42. The second-order valence-electron chi connectivity index (χ2n) is 8.24. The Morgan fingerprint density at radius 2 is 2.06 bits per heavy atom. The number of imidazole rings is 1. The Morgan fingerprint density at radius 3 is 2.69 bits per heavy atom. The Kier molecular flexibility index (Phi) is 10.3. The lowest BCUT2D eigenvalue weighted by Gasteiger charge is -2.39. The highest BCUT2D eigenvalue weighted by molar-refractivity contribution is 14.0. The summed E-state index contributed by atoms with van der Waals surface area (Å²) in [7, 11) is 5.18. The first kappa shape index (κ1) is 26.0. The number of nitrogens with zero attached hydrogens (tertiary/aromatic N) is 5. The number of piperidine rings is 1. The summed E-state index contributed by atoms with van der Waals surface area (Å²) in [5.41, 5.74) is 1.22. The van der Waals surface area contributed by atoms with Crippen LogP contribution in [-0.4, -0.2) is 78.6 Å². The summed E-state index contributed by atoms with van der Waals surface area (Å²) in [6.45, 7) is 4.91. The van der Waals surface area contributed by atoms with E-state index in [9.17, 15) is 4.79 Å². The maximum Gasteiger partial charge on any atom is 0.243 e. The molecule has 1 aromatic carbocycles. The van der Waals surface area contributed by atoms with Crippen LogP contribution in [0.15, 0.2) is 48.0 Å². The third-order valence-electron chi connectivity index (χ3n) is 5.84. The SMILES string of the molecule is COc1ccc(CCNC(=NCC(=O)N(C)C)N2CCC(C)C(n3ccnc3)C2)cc1.I. The van der Waals surface area contributed by atoms with Crippen LogP contribution in [0.25, 0.3) is 0 Å². The van der Waals surface area contributed by atoms with Crippen molar-refractivity contribution in [3.05, 3.63) is 48.5 Å². The molecule has 0 bridgehead atoms. The van der Waals surface area contributed by atoms with Crippen LogP contribution in [-0.2, 0) is 11.2 Å². The number of hydrogen-bond acceptors (Lipinski definition) is 4. The molecule has 0 spiro atoms. The number of likely N-dealkylation sites (N-methyl/N-ethyl adjacent to an activating group) is 1. The van der Waals surface area contributed by atoms with Gasteiger partial charge >= 0.3 is 0 Å². The first-order valence-corrected chi connectivity index (χ1v) is 10.8. The summed E-state index contributed by atoms with van der Waals surface area (Å²) in [5.74, 6) is 2.19. The monoisotopic (exact) mass is 554 g/mol. The number of benzene rings is 1. The van der Waals surface area contributed by atoms with E-state index in [0.717, 1.165) is 44.2 Å². The predicted molar refractivity (Wildman–Crippen MR) is 138 cm³/mol. The molecular formula is C23H35IN6O2. The fourth-order valence-electron chi connectivity index (χ4n) is 3.76. The Hall–Kier alpha value is -2.30. The van der Waals surface area contributed by atoms with E-state index in [1.54, 1.807) is 26.1 Å². The van der Waals surface area contributed by atoms with Gasteiger partial charge < -0.3 is 24.4 Å². The molecule has 1 aliphatic heterocycles. The zero-order valence-corrected chi connectivity index (χ0v) is 21.7. The summed E-state index contributed by atoms with van der Waals surface area (Å²) in [6.07, 6.45) is 7.65. The molecule has 1 aromatic heterocycles. The maximum absolute atomic E-state index is 12.1. The Labute approximate surface area is 208 Å². The van der Waals surface area contributed by atoms with Gasteiger partial charge in [-0.1, -0.05) is 19.1 Å². The van der Waals surface area contributed by atoms with Crippen molar-refractivity contribution >= 4 is 35.8 Å². The average Bonchev–Trinajstić information content (AvgIpc) is 3.31. The highest BCUT2D eigenvalue weighted by Gasteiger charge is 2.29. The lowest BCUT2D eigenvalue weighted by atomic mass is 9.93. The topological polar surface area (TPSA) is 75.0 Å². The smallest absolute Gasteiger partial charge is 0.243 e. The van der Waals surface area contributed by atoms with E-state index in [1.165, 1.54) is 5.56 Å². The molecule has 1 saturated heterocycles. The number of aromatic nitrogens is 2.